The number of carboxylic acids is 1. The standard InChI is InChI=1S/C15H17F2NO4/c1-8-5-10(6-9(2)13(8)22-15(16)17)14(21)18(7-12(19)20)11-3-4-11/h5-6,11,15H,3-4,7H2,1-2H3,(H,19,20). The summed E-state index contributed by atoms with van der Waals surface area (Å²) in [6, 6.07) is 2.84. The third-order valence-corrected chi connectivity index (χ3v) is 3.47. The highest BCUT2D eigenvalue weighted by Crippen LogP contribution is 2.31. The van der Waals surface area contributed by atoms with Crippen LogP contribution in [0.5, 0.6) is 5.75 Å². The second-order valence-electron chi connectivity index (χ2n) is 5.38. The summed E-state index contributed by atoms with van der Waals surface area (Å²) in [6.45, 7) is -0.161. The lowest BCUT2D eigenvalue weighted by molar-refractivity contribution is -0.137. The molecule has 1 aromatic rings. The minimum absolute atomic E-state index is 0.0442. The van der Waals surface area contributed by atoms with Crippen molar-refractivity contribution in [2.45, 2.75) is 39.3 Å². The maximum absolute atomic E-state index is 12.5. The summed E-state index contributed by atoms with van der Waals surface area (Å²) in [5.74, 6) is -1.44. The van der Waals surface area contributed by atoms with Gasteiger partial charge in [0, 0.05) is 11.6 Å². The SMILES string of the molecule is Cc1cc(C(=O)N(CC(=O)O)C2CC2)cc(C)c1OC(F)F. The van der Waals surface area contributed by atoms with E-state index >= 15 is 0 Å². The molecule has 5 nitrogen and oxygen atoms in total. The van der Waals surface area contributed by atoms with Crippen LogP contribution in [0.15, 0.2) is 12.1 Å². The fourth-order valence-corrected chi connectivity index (χ4v) is 2.41. The average Bonchev–Trinajstić information content (AvgIpc) is 3.23. The van der Waals surface area contributed by atoms with Crippen molar-refractivity contribution in [1.82, 2.24) is 4.90 Å². The zero-order chi connectivity index (χ0) is 16.4. The quantitative estimate of drug-likeness (QED) is 0.876. The molecule has 0 saturated heterocycles. The summed E-state index contributed by atoms with van der Waals surface area (Å²) in [5, 5.41) is 8.91. The number of carbonyl (C=O) groups excluding carboxylic acids is 1. The van der Waals surface area contributed by atoms with Crippen LogP contribution in [0.4, 0.5) is 8.78 Å². The van der Waals surface area contributed by atoms with E-state index in [9.17, 15) is 18.4 Å². The van der Waals surface area contributed by atoms with Gasteiger partial charge in [-0.1, -0.05) is 0 Å². The van der Waals surface area contributed by atoms with Gasteiger partial charge in [0.15, 0.2) is 0 Å². The van der Waals surface area contributed by atoms with E-state index in [1.54, 1.807) is 13.8 Å². The molecule has 1 aliphatic carbocycles. The van der Waals surface area contributed by atoms with Crippen LogP contribution in [0.25, 0.3) is 0 Å². The van der Waals surface area contributed by atoms with Crippen LogP contribution in [0, 0.1) is 13.8 Å². The van der Waals surface area contributed by atoms with E-state index in [1.807, 2.05) is 0 Å². The van der Waals surface area contributed by atoms with Gasteiger partial charge in [0.25, 0.3) is 5.91 Å². The molecule has 0 heterocycles. The van der Waals surface area contributed by atoms with Crippen LogP contribution in [0.3, 0.4) is 0 Å². The molecule has 1 saturated carbocycles. The molecule has 0 bridgehead atoms. The molecule has 7 heteroatoms. The Bertz CT molecular complexity index is 576. The molecule has 0 unspecified atom stereocenters. The Hall–Kier alpha value is -2.18. The molecule has 1 aromatic carbocycles. The van der Waals surface area contributed by atoms with Crippen LogP contribution in [0.2, 0.25) is 0 Å². The summed E-state index contributed by atoms with van der Waals surface area (Å²) < 4.78 is 29.2. The molecular formula is C15H17F2NO4. The van der Waals surface area contributed by atoms with Gasteiger partial charge in [-0.25, -0.2) is 0 Å². The number of hydrogen-bond acceptors (Lipinski definition) is 3. The minimum Gasteiger partial charge on any atom is -0.480 e. The second kappa shape index (κ2) is 6.29. The van der Waals surface area contributed by atoms with Crippen molar-refractivity contribution in [2.24, 2.45) is 0 Å². The largest absolute Gasteiger partial charge is 0.480 e. The molecule has 0 aliphatic heterocycles. The number of alkyl halides is 2. The van der Waals surface area contributed by atoms with Crippen molar-refractivity contribution in [3.8, 4) is 5.75 Å². The highest BCUT2D eigenvalue weighted by molar-refractivity contribution is 5.97. The Kier molecular flexibility index (Phi) is 4.63. The Labute approximate surface area is 126 Å². The maximum Gasteiger partial charge on any atom is 0.387 e. The number of hydrogen-bond donors (Lipinski definition) is 1. The average molecular weight is 313 g/mol. The molecule has 0 radical (unpaired) electrons. The first-order valence-electron chi connectivity index (χ1n) is 6.88. The Morgan fingerprint density at radius 3 is 2.27 bits per heavy atom. The third-order valence-electron chi connectivity index (χ3n) is 3.47. The monoisotopic (exact) mass is 313 g/mol. The molecule has 1 N–H and O–H groups in total. The number of benzene rings is 1. The van der Waals surface area contributed by atoms with Gasteiger partial charge >= 0.3 is 12.6 Å². The van der Waals surface area contributed by atoms with Crippen LogP contribution in [-0.2, 0) is 4.79 Å². The first-order chi connectivity index (χ1) is 10.3. The number of carbonyl (C=O) groups is 2. The zero-order valence-corrected chi connectivity index (χ0v) is 12.3. The summed E-state index contributed by atoms with van der Waals surface area (Å²) in [4.78, 5) is 24.7. The molecule has 1 fully saturated rings. The fourth-order valence-electron chi connectivity index (χ4n) is 2.41. The number of rotatable bonds is 6. The smallest absolute Gasteiger partial charge is 0.387 e. The molecule has 1 aliphatic rings. The summed E-state index contributed by atoms with van der Waals surface area (Å²) >= 11 is 0. The normalized spacial score (nSPS) is 14.0. The van der Waals surface area contributed by atoms with E-state index < -0.39 is 18.5 Å². The van der Waals surface area contributed by atoms with Crippen molar-refractivity contribution in [3.63, 3.8) is 0 Å². The van der Waals surface area contributed by atoms with E-state index in [2.05, 4.69) is 4.74 Å². The van der Waals surface area contributed by atoms with Gasteiger partial charge < -0.3 is 14.7 Å². The highest BCUT2D eigenvalue weighted by atomic mass is 19.3. The van der Waals surface area contributed by atoms with E-state index in [1.165, 1.54) is 17.0 Å². The van der Waals surface area contributed by atoms with Gasteiger partial charge in [-0.3, -0.25) is 9.59 Å². The van der Waals surface area contributed by atoms with E-state index in [0.29, 0.717) is 11.1 Å². The molecule has 0 spiro atoms. The third kappa shape index (κ3) is 3.72. The number of halogens is 2. The van der Waals surface area contributed by atoms with Crippen molar-refractivity contribution < 1.29 is 28.2 Å². The predicted molar refractivity (Wildman–Crippen MR) is 74.2 cm³/mol. The number of aryl methyl sites for hydroxylation is 2. The lowest BCUT2D eigenvalue weighted by atomic mass is 10.0. The number of ether oxygens (including phenoxy) is 1. The van der Waals surface area contributed by atoms with Gasteiger partial charge in [0.05, 0.1) is 0 Å². The number of carboxylic acid groups (broad SMARTS) is 1. The first kappa shape index (κ1) is 16.2. The van der Waals surface area contributed by atoms with Gasteiger partial charge in [0.2, 0.25) is 0 Å². The summed E-state index contributed by atoms with van der Waals surface area (Å²) in [7, 11) is 0. The Balaban J connectivity index is 2.27. The van der Waals surface area contributed by atoms with Gasteiger partial charge in [0.1, 0.15) is 12.3 Å². The van der Waals surface area contributed by atoms with Crippen molar-refractivity contribution >= 4 is 11.9 Å². The molecule has 0 aromatic heterocycles. The molecule has 0 atom stereocenters. The Morgan fingerprint density at radius 2 is 1.86 bits per heavy atom. The maximum atomic E-state index is 12.5. The first-order valence-corrected chi connectivity index (χ1v) is 6.88. The van der Waals surface area contributed by atoms with Crippen LogP contribution >= 0.6 is 0 Å². The summed E-state index contributed by atoms with van der Waals surface area (Å²) in [5.41, 5.74) is 1.11. The van der Waals surface area contributed by atoms with Crippen molar-refractivity contribution in [2.75, 3.05) is 6.54 Å². The number of nitrogens with zero attached hydrogens (tertiary/aromatic N) is 1. The van der Waals surface area contributed by atoms with Crippen LogP contribution in [0.1, 0.15) is 34.3 Å². The van der Waals surface area contributed by atoms with Crippen LogP contribution in [-0.4, -0.2) is 41.1 Å². The summed E-state index contributed by atoms with van der Waals surface area (Å²) in [6.07, 6.45) is 1.56. The van der Waals surface area contributed by atoms with E-state index in [-0.39, 0.29) is 23.9 Å². The number of amides is 1. The molecular weight excluding hydrogens is 296 g/mol. The lowest BCUT2D eigenvalue weighted by Crippen LogP contribution is -2.37. The van der Waals surface area contributed by atoms with Crippen molar-refractivity contribution in [1.29, 1.82) is 0 Å². The van der Waals surface area contributed by atoms with Gasteiger partial charge in [-0.15, -0.1) is 0 Å². The predicted octanol–water partition coefficient (Wildman–Crippen LogP) is 2.59. The molecule has 120 valence electrons. The topological polar surface area (TPSA) is 66.8 Å². The Morgan fingerprint density at radius 1 is 1.32 bits per heavy atom. The lowest BCUT2D eigenvalue weighted by Gasteiger charge is -2.21. The molecule has 22 heavy (non-hydrogen) atoms. The zero-order valence-electron chi connectivity index (χ0n) is 12.3. The second-order valence-corrected chi connectivity index (χ2v) is 5.38. The molecule has 2 rings (SSSR count). The molecule has 1 amide bonds. The van der Waals surface area contributed by atoms with Gasteiger partial charge in [-0.2, -0.15) is 8.78 Å². The van der Waals surface area contributed by atoms with Crippen molar-refractivity contribution in [3.05, 3.63) is 28.8 Å². The van der Waals surface area contributed by atoms with Crippen LogP contribution < -0.4 is 4.74 Å². The highest BCUT2D eigenvalue weighted by Gasteiger charge is 2.34. The van der Waals surface area contributed by atoms with E-state index in [4.69, 9.17) is 5.11 Å². The van der Waals surface area contributed by atoms with E-state index in [0.717, 1.165) is 12.8 Å². The number of aliphatic carboxylic acids is 1. The van der Waals surface area contributed by atoms with Gasteiger partial charge in [-0.05, 0) is 49.9 Å². The minimum atomic E-state index is -2.94. The fraction of sp³-hybridized carbons (Fsp3) is 0.467.